The lowest BCUT2D eigenvalue weighted by Gasteiger charge is -2.32. The van der Waals surface area contributed by atoms with Crippen molar-refractivity contribution < 1.29 is 9.59 Å². The molecule has 1 aliphatic rings. The maximum Gasteiger partial charge on any atom is 0.255 e. The van der Waals surface area contributed by atoms with E-state index in [2.05, 4.69) is 22.5 Å². The fourth-order valence-electron chi connectivity index (χ4n) is 3.76. The third kappa shape index (κ3) is 5.42. The van der Waals surface area contributed by atoms with Crippen LogP contribution in [-0.2, 0) is 0 Å². The van der Waals surface area contributed by atoms with Gasteiger partial charge in [0.05, 0.1) is 11.3 Å². The van der Waals surface area contributed by atoms with Crippen molar-refractivity contribution >= 4 is 17.5 Å². The number of para-hydroxylation sites is 1. The van der Waals surface area contributed by atoms with Crippen molar-refractivity contribution in [3.05, 3.63) is 65.7 Å². The van der Waals surface area contributed by atoms with Crippen molar-refractivity contribution in [2.75, 3.05) is 25.0 Å². The number of anilines is 1. The van der Waals surface area contributed by atoms with Gasteiger partial charge in [-0.15, -0.1) is 0 Å². The van der Waals surface area contributed by atoms with E-state index >= 15 is 0 Å². The number of nitrogens with one attached hydrogen (secondary N) is 2. The van der Waals surface area contributed by atoms with Gasteiger partial charge in [0.1, 0.15) is 0 Å². The normalized spacial score (nSPS) is 18.3. The molecular formula is C23H29N3O2. The Hall–Kier alpha value is -2.66. The molecule has 3 rings (SSSR count). The summed E-state index contributed by atoms with van der Waals surface area (Å²) in [5.74, 6) is 0.322. The largest absolute Gasteiger partial charge is 0.348 e. The Bertz CT molecular complexity index is 807. The Morgan fingerprint density at radius 2 is 1.79 bits per heavy atom. The minimum absolute atomic E-state index is 0.0377. The first-order valence-electron chi connectivity index (χ1n) is 10.0. The molecule has 0 aliphatic carbocycles. The van der Waals surface area contributed by atoms with Gasteiger partial charge in [0.25, 0.3) is 11.8 Å². The SMILES string of the molecule is CC1CCCN(CC(C)NC(=O)c2ccccc2NC(=O)c2ccccc2)C1. The van der Waals surface area contributed by atoms with E-state index in [4.69, 9.17) is 0 Å². The molecule has 1 aliphatic heterocycles. The van der Waals surface area contributed by atoms with E-state index in [-0.39, 0.29) is 17.9 Å². The number of hydrogen-bond donors (Lipinski definition) is 2. The number of rotatable bonds is 6. The van der Waals surface area contributed by atoms with E-state index < -0.39 is 0 Å². The number of carbonyl (C=O) groups is 2. The first-order chi connectivity index (χ1) is 13.5. The van der Waals surface area contributed by atoms with Gasteiger partial charge in [-0.3, -0.25) is 9.59 Å². The second kappa shape index (κ2) is 9.51. The van der Waals surface area contributed by atoms with Crippen LogP contribution in [0.4, 0.5) is 5.69 Å². The minimum atomic E-state index is -0.226. The molecule has 0 aromatic heterocycles. The molecule has 2 aromatic carbocycles. The maximum atomic E-state index is 12.8. The molecule has 0 radical (unpaired) electrons. The lowest BCUT2D eigenvalue weighted by molar-refractivity contribution is 0.0921. The second-order valence-corrected chi connectivity index (χ2v) is 7.75. The number of hydrogen-bond acceptors (Lipinski definition) is 3. The monoisotopic (exact) mass is 379 g/mol. The van der Waals surface area contributed by atoms with E-state index in [1.165, 1.54) is 12.8 Å². The fraction of sp³-hybridized carbons (Fsp3) is 0.391. The average molecular weight is 380 g/mol. The van der Waals surface area contributed by atoms with Gasteiger partial charge in [0, 0.05) is 24.7 Å². The van der Waals surface area contributed by atoms with Gasteiger partial charge in [0.15, 0.2) is 0 Å². The molecule has 2 aromatic rings. The van der Waals surface area contributed by atoms with Gasteiger partial charge in [-0.05, 0) is 56.5 Å². The first kappa shape index (κ1) is 20.1. The molecule has 0 bridgehead atoms. The molecule has 1 heterocycles. The Morgan fingerprint density at radius 3 is 2.54 bits per heavy atom. The van der Waals surface area contributed by atoms with Crippen molar-refractivity contribution in [2.45, 2.75) is 32.7 Å². The van der Waals surface area contributed by atoms with Crippen molar-refractivity contribution in [1.29, 1.82) is 0 Å². The zero-order valence-corrected chi connectivity index (χ0v) is 16.7. The van der Waals surface area contributed by atoms with E-state index in [0.717, 1.165) is 19.6 Å². The van der Waals surface area contributed by atoms with Gasteiger partial charge < -0.3 is 15.5 Å². The minimum Gasteiger partial charge on any atom is -0.348 e. The summed E-state index contributed by atoms with van der Waals surface area (Å²) in [7, 11) is 0. The second-order valence-electron chi connectivity index (χ2n) is 7.75. The van der Waals surface area contributed by atoms with Crippen molar-refractivity contribution in [3.8, 4) is 0 Å². The van der Waals surface area contributed by atoms with E-state index in [1.807, 2.05) is 37.3 Å². The summed E-state index contributed by atoms with van der Waals surface area (Å²) in [6, 6.07) is 16.2. The molecule has 0 saturated carbocycles. The lowest BCUT2D eigenvalue weighted by Crippen LogP contribution is -2.45. The van der Waals surface area contributed by atoms with Crippen LogP contribution < -0.4 is 10.6 Å². The summed E-state index contributed by atoms with van der Waals surface area (Å²) in [5.41, 5.74) is 1.56. The molecule has 5 nitrogen and oxygen atoms in total. The van der Waals surface area contributed by atoms with Crippen LogP contribution >= 0.6 is 0 Å². The molecule has 28 heavy (non-hydrogen) atoms. The van der Waals surface area contributed by atoms with E-state index in [0.29, 0.717) is 22.7 Å². The predicted molar refractivity (Wildman–Crippen MR) is 113 cm³/mol. The number of benzene rings is 2. The third-order valence-electron chi connectivity index (χ3n) is 5.11. The molecular weight excluding hydrogens is 350 g/mol. The van der Waals surface area contributed by atoms with Crippen LogP contribution in [-0.4, -0.2) is 42.4 Å². The van der Waals surface area contributed by atoms with Crippen LogP contribution in [0.15, 0.2) is 54.6 Å². The molecule has 2 N–H and O–H groups in total. The van der Waals surface area contributed by atoms with Crippen LogP contribution in [0.25, 0.3) is 0 Å². The van der Waals surface area contributed by atoms with Gasteiger partial charge in [-0.1, -0.05) is 37.3 Å². The topological polar surface area (TPSA) is 61.4 Å². The van der Waals surface area contributed by atoms with Crippen LogP contribution in [0, 0.1) is 5.92 Å². The number of amides is 2. The number of nitrogens with zero attached hydrogens (tertiary/aromatic N) is 1. The standard InChI is InChI=1S/C23H29N3O2/c1-17-9-8-14-26(15-17)16-18(2)24-23(28)20-12-6-7-13-21(20)25-22(27)19-10-4-3-5-11-19/h3-7,10-13,17-18H,8-9,14-16H2,1-2H3,(H,24,28)(H,25,27). The average Bonchev–Trinajstić information content (AvgIpc) is 2.69. The van der Waals surface area contributed by atoms with Crippen molar-refractivity contribution in [3.63, 3.8) is 0 Å². The summed E-state index contributed by atoms with van der Waals surface area (Å²) in [6.07, 6.45) is 2.50. The highest BCUT2D eigenvalue weighted by Crippen LogP contribution is 2.18. The molecule has 5 heteroatoms. The molecule has 2 amide bonds. The number of piperidine rings is 1. The van der Waals surface area contributed by atoms with Crippen LogP contribution in [0.5, 0.6) is 0 Å². The first-order valence-corrected chi connectivity index (χ1v) is 10.0. The van der Waals surface area contributed by atoms with E-state index in [9.17, 15) is 9.59 Å². The van der Waals surface area contributed by atoms with Gasteiger partial charge >= 0.3 is 0 Å². The Kier molecular flexibility index (Phi) is 6.82. The van der Waals surface area contributed by atoms with Gasteiger partial charge in [0.2, 0.25) is 0 Å². The summed E-state index contributed by atoms with van der Waals surface area (Å²) in [6.45, 7) is 7.33. The smallest absolute Gasteiger partial charge is 0.255 e. The zero-order valence-electron chi connectivity index (χ0n) is 16.7. The third-order valence-corrected chi connectivity index (χ3v) is 5.11. The summed E-state index contributed by atoms with van der Waals surface area (Å²) < 4.78 is 0. The summed E-state index contributed by atoms with van der Waals surface area (Å²) in [5, 5.41) is 5.94. The Balaban J connectivity index is 1.63. The Morgan fingerprint density at radius 1 is 1.07 bits per heavy atom. The van der Waals surface area contributed by atoms with Crippen LogP contribution in [0.2, 0.25) is 0 Å². The molecule has 2 atom stereocenters. The molecule has 1 fully saturated rings. The quantitative estimate of drug-likeness (QED) is 0.803. The fourth-order valence-corrected chi connectivity index (χ4v) is 3.76. The van der Waals surface area contributed by atoms with Crippen LogP contribution in [0.1, 0.15) is 47.4 Å². The van der Waals surface area contributed by atoms with E-state index in [1.54, 1.807) is 24.3 Å². The molecule has 148 valence electrons. The van der Waals surface area contributed by atoms with Gasteiger partial charge in [-0.25, -0.2) is 0 Å². The van der Waals surface area contributed by atoms with Crippen LogP contribution in [0.3, 0.4) is 0 Å². The van der Waals surface area contributed by atoms with Crippen molar-refractivity contribution in [1.82, 2.24) is 10.2 Å². The molecule has 2 unspecified atom stereocenters. The summed E-state index contributed by atoms with van der Waals surface area (Å²) in [4.78, 5) is 27.7. The predicted octanol–water partition coefficient (Wildman–Crippen LogP) is 3.79. The zero-order chi connectivity index (χ0) is 19.9. The highest BCUT2D eigenvalue weighted by atomic mass is 16.2. The van der Waals surface area contributed by atoms with Gasteiger partial charge in [-0.2, -0.15) is 0 Å². The summed E-state index contributed by atoms with van der Waals surface area (Å²) >= 11 is 0. The van der Waals surface area contributed by atoms with Crippen molar-refractivity contribution in [2.24, 2.45) is 5.92 Å². The highest BCUT2D eigenvalue weighted by Gasteiger charge is 2.20. The maximum absolute atomic E-state index is 12.8. The molecule has 0 spiro atoms. The number of carbonyl (C=O) groups excluding carboxylic acids is 2. The highest BCUT2D eigenvalue weighted by molar-refractivity contribution is 6.09. The Labute approximate surface area is 167 Å². The lowest BCUT2D eigenvalue weighted by atomic mass is 10.00. The number of likely N-dealkylation sites (tertiary alicyclic amines) is 1. The molecule has 1 saturated heterocycles.